The summed E-state index contributed by atoms with van der Waals surface area (Å²) >= 11 is 1.36. The fourth-order valence-electron chi connectivity index (χ4n) is 1.66. The van der Waals surface area contributed by atoms with E-state index in [9.17, 15) is 4.79 Å². The summed E-state index contributed by atoms with van der Waals surface area (Å²) < 4.78 is 10.3. The molecule has 1 aliphatic carbocycles. The summed E-state index contributed by atoms with van der Waals surface area (Å²) in [6.07, 6.45) is 2.62. The van der Waals surface area contributed by atoms with Crippen LogP contribution in [0, 0.1) is 12.8 Å². The summed E-state index contributed by atoms with van der Waals surface area (Å²) in [5, 5.41) is 0.827. The normalized spacial score (nSPS) is 14.5. The quantitative estimate of drug-likeness (QED) is 0.567. The molecule has 0 bridgehead atoms. The Balaban J connectivity index is 1.83. The van der Waals surface area contributed by atoms with Crippen molar-refractivity contribution in [1.29, 1.82) is 0 Å². The first-order valence-corrected chi connectivity index (χ1v) is 7.28. The second kappa shape index (κ2) is 6.34. The Morgan fingerprint density at radius 2 is 2.26 bits per heavy atom. The van der Waals surface area contributed by atoms with Crippen LogP contribution in [0.3, 0.4) is 0 Å². The molecule has 0 unspecified atom stereocenters. The first-order valence-electron chi connectivity index (χ1n) is 6.46. The third-order valence-electron chi connectivity index (χ3n) is 3.10. The predicted molar refractivity (Wildman–Crippen MR) is 75.0 cm³/mol. The third-order valence-corrected chi connectivity index (χ3v) is 4.36. The van der Waals surface area contributed by atoms with Gasteiger partial charge in [0.15, 0.2) is 5.13 Å². The number of ether oxygens (including phenoxy) is 2. The third kappa shape index (κ3) is 3.91. The molecule has 0 atom stereocenters. The smallest absolute Gasteiger partial charge is 0.350 e. The highest BCUT2D eigenvalue weighted by Crippen LogP contribution is 2.29. The Bertz CT molecular complexity index is 443. The SMILES string of the molecule is COC(=O)c1sc(N(C)CCOCC2CC2)nc1C. The van der Waals surface area contributed by atoms with Crippen LogP contribution >= 0.6 is 11.3 Å². The van der Waals surface area contributed by atoms with E-state index in [0.29, 0.717) is 11.5 Å². The van der Waals surface area contributed by atoms with Gasteiger partial charge in [0, 0.05) is 20.2 Å². The van der Waals surface area contributed by atoms with Crippen LogP contribution in [0.4, 0.5) is 5.13 Å². The van der Waals surface area contributed by atoms with Crippen molar-refractivity contribution < 1.29 is 14.3 Å². The van der Waals surface area contributed by atoms with Crippen LogP contribution in [-0.2, 0) is 9.47 Å². The molecule has 0 N–H and O–H groups in total. The molecular formula is C13H20N2O3S. The lowest BCUT2D eigenvalue weighted by Crippen LogP contribution is -2.22. The summed E-state index contributed by atoms with van der Waals surface area (Å²) in [4.78, 5) is 18.5. The largest absolute Gasteiger partial charge is 0.465 e. The number of aryl methyl sites for hydroxylation is 1. The van der Waals surface area contributed by atoms with Gasteiger partial charge in [-0.2, -0.15) is 0 Å². The number of thiazole rings is 1. The second-order valence-electron chi connectivity index (χ2n) is 4.84. The number of hydrogen-bond donors (Lipinski definition) is 0. The zero-order valence-electron chi connectivity index (χ0n) is 11.6. The maximum Gasteiger partial charge on any atom is 0.350 e. The van der Waals surface area contributed by atoms with Crippen molar-refractivity contribution in [2.45, 2.75) is 19.8 Å². The molecule has 19 heavy (non-hydrogen) atoms. The maximum atomic E-state index is 11.5. The number of carbonyl (C=O) groups excluding carboxylic acids is 1. The second-order valence-corrected chi connectivity index (χ2v) is 5.82. The minimum absolute atomic E-state index is 0.320. The molecule has 2 rings (SSSR count). The molecule has 0 aromatic carbocycles. The van der Waals surface area contributed by atoms with E-state index in [0.717, 1.165) is 29.9 Å². The molecule has 0 amide bonds. The fraction of sp³-hybridized carbons (Fsp3) is 0.692. The van der Waals surface area contributed by atoms with E-state index in [2.05, 4.69) is 4.98 Å². The van der Waals surface area contributed by atoms with Gasteiger partial charge in [0.25, 0.3) is 0 Å². The molecule has 1 fully saturated rings. The van der Waals surface area contributed by atoms with Gasteiger partial charge in [0.1, 0.15) is 4.88 Å². The molecule has 1 aromatic heterocycles. The zero-order chi connectivity index (χ0) is 13.8. The zero-order valence-corrected chi connectivity index (χ0v) is 12.5. The highest BCUT2D eigenvalue weighted by molar-refractivity contribution is 7.17. The molecule has 0 spiro atoms. The molecule has 1 aliphatic rings. The Labute approximate surface area is 117 Å². The van der Waals surface area contributed by atoms with Gasteiger partial charge < -0.3 is 14.4 Å². The molecule has 0 radical (unpaired) electrons. The van der Waals surface area contributed by atoms with E-state index >= 15 is 0 Å². The number of carbonyl (C=O) groups is 1. The summed E-state index contributed by atoms with van der Waals surface area (Å²) in [6.45, 7) is 4.17. The minimum atomic E-state index is -0.320. The van der Waals surface area contributed by atoms with Gasteiger partial charge in [0.2, 0.25) is 0 Å². The Hall–Kier alpha value is -1.14. The number of hydrogen-bond acceptors (Lipinski definition) is 6. The monoisotopic (exact) mass is 284 g/mol. The lowest BCUT2D eigenvalue weighted by Gasteiger charge is -2.15. The number of likely N-dealkylation sites (N-methyl/N-ethyl adjacent to an activating group) is 1. The summed E-state index contributed by atoms with van der Waals surface area (Å²) in [6, 6.07) is 0. The average Bonchev–Trinajstić information content (AvgIpc) is 3.15. The van der Waals surface area contributed by atoms with E-state index < -0.39 is 0 Å². The van der Waals surface area contributed by atoms with Crippen LogP contribution in [0.5, 0.6) is 0 Å². The predicted octanol–water partition coefficient (Wildman–Crippen LogP) is 2.10. The number of esters is 1. The van der Waals surface area contributed by atoms with Crippen LogP contribution < -0.4 is 4.90 Å². The van der Waals surface area contributed by atoms with Gasteiger partial charge >= 0.3 is 5.97 Å². The van der Waals surface area contributed by atoms with E-state index in [1.54, 1.807) is 0 Å². The van der Waals surface area contributed by atoms with Crippen molar-refractivity contribution in [3.05, 3.63) is 10.6 Å². The van der Waals surface area contributed by atoms with Gasteiger partial charge in [0.05, 0.1) is 19.4 Å². The molecule has 0 aliphatic heterocycles. The molecule has 1 heterocycles. The Morgan fingerprint density at radius 1 is 1.53 bits per heavy atom. The number of anilines is 1. The molecule has 1 saturated carbocycles. The highest BCUT2D eigenvalue weighted by Gasteiger charge is 2.21. The van der Waals surface area contributed by atoms with Crippen LogP contribution in [-0.4, -0.2) is 44.9 Å². The van der Waals surface area contributed by atoms with Gasteiger partial charge in [-0.1, -0.05) is 11.3 Å². The standard InChI is InChI=1S/C13H20N2O3S/c1-9-11(12(16)17-3)19-13(14-9)15(2)6-7-18-8-10-4-5-10/h10H,4-8H2,1-3H3. The number of aromatic nitrogens is 1. The number of rotatable bonds is 7. The molecule has 0 saturated heterocycles. The van der Waals surface area contributed by atoms with Crippen molar-refractivity contribution in [3.63, 3.8) is 0 Å². The van der Waals surface area contributed by atoms with Gasteiger partial charge in [-0.15, -0.1) is 0 Å². The van der Waals surface area contributed by atoms with Gasteiger partial charge in [-0.25, -0.2) is 9.78 Å². The van der Waals surface area contributed by atoms with Crippen molar-refractivity contribution in [3.8, 4) is 0 Å². The van der Waals surface area contributed by atoms with Crippen LogP contribution in [0.25, 0.3) is 0 Å². The molecule has 5 nitrogen and oxygen atoms in total. The first kappa shape index (κ1) is 14.3. The summed E-state index contributed by atoms with van der Waals surface area (Å²) in [5.41, 5.74) is 0.720. The maximum absolute atomic E-state index is 11.5. The Kier molecular flexibility index (Phi) is 4.76. The molecular weight excluding hydrogens is 264 g/mol. The summed E-state index contributed by atoms with van der Waals surface area (Å²) in [5.74, 6) is 0.470. The van der Waals surface area contributed by atoms with Crippen molar-refractivity contribution in [1.82, 2.24) is 4.98 Å². The average molecular weight is 284 g/mol. The topological polar surface area (TPSA) is 51.7 Å². The van der Waals surface area contributed by atoms with E-state index in [1.165, 1.54) is 31.3 Å². The fourth-order valence-corrected chi connectivity index (χ4v) is 2.63. The van der Waals surface area contributed by atoms with E-state index in [4.69, 9.17) is 9.47 Å². The van der Waals surface area contributed by atoms with Gasteiger partial charge in [-0.05, 0) is 25.7 Å². The number of nitrogens with zero attached hydrogens (tertiary/aromatic N) is 2. The molecule has 106 valence electrons. The first-order chi connectivity index (χ1) is 9.11. The molecule has 1 aromatic rings. The minimum Gasteiger partial charge on any atom is -0.465 e. The van der Waals surface area contributed by atoms with Crippen molar-refractivity contribution in [2.24, 2.45) is 5.92 Å². The van der Waals surface area contributed by atoms with Gasteiger partial charge in [-0.3, -0.25) is 0 Å². The van der Waals surface area contributed by atoms with Crippen LogP contribution in [0.2, 0.25) is 0 Å². The highest BCUT2D eigenvalue weighted by atomic mass is 32.1. The Morgan fingerprint density at radius 3 is 2.89 bits per heavy atom. The van der Waals surface area contributed by atoms with Crippen LogP contribution in [0.1, 0.15) is 28.2 Å². The summed E-state index contributed by atoms with van der Waals surface area (Å²) in [7, 11) is 3.34. The van der Waals surface area contributed by atoms with Crippen LogP contribution in [0.15, 0.2) is 0 Å². The van der Waals surface area contributed by atoms with Crippen molar-refractivity contribution in [2.75, 3.05) is 38.8 Å². The van der Waals surface area contributed by atoms with Crippen molar-refractivity contribution >= 4 is 22.4 Å². The van der Waals surface area contributed by atoms with E-state index in [-0.39, 0.29) is 5.97 Å². The lowest BCUT2D eigenvalue weighted by molar-refractivity contribution is 0.0605. The lowest BCUT2D eigenvalue weighted by atomic mass is 10.4. The van der Waals surface area contributed by atoms with E-state index in [1.807, 2.05) is 18.9 Å². The number of methoxy groups -OCH3 is 1. The molecule has 6 heteroatoms.